The Labute approximate surface area is 205 Å². The van der Waals surface area contributed by atoms with Gasteiger partial charge in [-0.15, -0.1) is 0 Å². The van der Waals surface area contributed by atoms with Gasteiger partial charge in [0.15, 0.2) is 0 Å². The third kappa shape index (κ3) is 9.38. The minimum Gasteiger partial charge on any atom is -0.480 e. The summed E-state index contributed by atoms with van der Waals surface area (Å²) >= 11 is 0. The van der Waals surface area contributed by atoms with Crippen LogP contribution < -0.4 is 15.4 Å². The molecule has 35 heavy (non-hydrogen) atoms. The predicted octanol–water partition coefficient (Wildman–Crippen LogP) is 0.120. The van der Waals surface area contributed by atoms with Crippen LogP contribution in [0.5, 0.6) is 0 Å². The number of piperidine rings is 1. The van der Waals surface area contributed by atoms with Gasteiger partial charge in [-0.05, 0) is 50.9 Å². The van der Waals surface area contributed by atoms with Crippen LogP contribution in [0.15, 0.2) is 35.2 Å². The molecule has 2 amide bonds. The summed E-state index contributed by atoms with van der Waals surface area (Å²) in [6, 6.07) is 5.22. The van der Waals surface area contributed by atoms with E-state index in [0.717, 1.165) is 25.9 Å². The van der Waals surface area contributed by atoms with Crippen LogP contribution in [0.25, 0.3) is 0 Å². The summed E-state index contributed by atoms with van der Waals surface area (Å²) in [6.07, 6.45) is 2.02. The normalized spacial score (nSPS) is 16.2. The van der Waals surface area contributed by atoms with Crippen LogP contribution in [0, 0.1) is 5.92 Å². The third-order valence-corrected chi connectivity index (χ3v) is 7.50. The molecule has 1 aromatic carbocycles. The molecule has 12 heteroatoms. The summed E-state index contributed by atoms with van der Waals surface area (Å²) in [6.45, 7) is 2.99. The van der Waals surface area contributed by atoms with Crippen molar-refractivity contribution in [2.24, 2.45) is 5.92 Å². The fourth-order valence-corrected chi connectivity index (χ4v) is 4.99. The van der Waals surface area contributed by atoms with E-state index >= 15 is 0 Å². The number of nitrogens with one attached hydrogen (secondary N) is 3. The standard InChI is InChI=1S/C23H34N4O7S/c1-16(12-18(28)13-17-8-10-24-11-9-17)27(2)22(30)14-21(29)25-15-20(23(31)32)26-35(33,34)19-6-4-3-5-7-19/h3-7,16-17,20,24,26H,8-15H2,1-2H3,(H,25,29)(H,31,32). The van der Waals surface area contributed by atoms with Gasteiger partial charge in [0.25, 0.3) is 0 Å². The fraction of sp³-hybridized carbons (Fsp3) is 0.565. The van der Waals surface area contributed by atoms with E-state index in [-0.39, 0.29) is 17.1 Å². The summed E-state index contributed by atoms with van der Waals surface area (Å²) < 4.78 is 26.8. The molecule has 1 heterocycles. The van der Waals surface area contributed by atoms with Crippen molar-refractivity contribution in [2.45, 2.75) is 56.0 Å². The van der Waals surface area contributed by atoms with Crippen molar-refractivity contribution in [3.05, 3.63) is 30.3 Å². The molecule has 0 aliphatic carbocycles. The molecule has 0 bridgehead atoms. The Bertz CT molecular complexity index is 994. The number of ketones is 1. The van der Waals surface area contributed by atoms with E-state index < -0.39 is 52.9 Å². The number of Topliss-reactive ketones (excluding diaryl/α,β-unsaturated/α-hetero) is 1. The first-order chi connectivity index (χ1) is 16.5. The van der Waals surface area contributed by atoms with Crippen molar-refractivity contribution in [2.75, 3.05) is 26.7 Å². The minimum atomic E-state index is -4.12. The van der Waals surface area contributed by atoms with Crippen molar-refractivity contribution < 1.29 is 32.7 Å². The van der Waals surface area contributed by atoms with E-state index in [1.54, 1.807) is 13.0 Å². The van der Waals surface area contributed by atoms with Gasteiger partial charge in [0.1, 0.15) is 18.2 Å². The number of rotatable bonds is 13. The smallest absolute Gasteiger partial charge is 0.323 e. The number of amides is 2. The maximum absolute atomic E-state index is 12.5. The summed E-state index contributed by atoms with van der Waals surface area (Å²) in [5.41, 5.74) is 0. The zero-order valence-corrected chi connectivity index (χ0v) is 20.8. The lowest BCUT2D eigenvalue weighted by atomic mass is 9.91. The minimum absolute atomic E-state index is 0.0727. The number of aliphatic carboxylic acids is 1. The monoisotopic (exact) mass is 510 g/mol. The molecular weight excluding hydrogens is 476 g/mol. The Balaban J connectivity index is 1.81. The van der Waals surface area contributed by atoms with Gasteiger partial charge in [0.2, 0.25) is 21.8 Å². The number of carboxylic acid groups (broad SMARTS) is 1. The van der Waals surface area contributed by atoms with Crippen LogP contribution in [-0.4, -0.2) is 80.8 Å². The van der Waals surface area contributed by atoms with Gasteiger partial charge in [-0.1, -0.05) is 18.2 Å². The summed E-state index contributed by atoms with van der Waals surface area (Å²) in [4.78, 5) is 49.8. The molecule has 0 saturated carbocycles. The number of hydrogen-bond acceptors (Lipinski definition) is 7. The zero-order valence-electron chi connectivity index (χ0n) is 20.0. The van der Waals surface area contributed by atoms with E-state index in [0.29, 0.717) is 12.3 Å². The number of nitrogens with zero attached hydrogens (tertiary/aromatic N) is 1. The van der Waals surface area contributed by atoms with Crippen molar-refractivity contribution in [1.29, 1.82) is 0 Å². The number of carbonyl (C=O) groups excluding carboxylic acids is 3. The van der Waals surface area contributed by atoms with E-state index in [9.17, 15) is 32.7 Å². The average Bonchev–Trinajstić information content (AvgIpc) is 2.82. The van der Waals surface area contributed by atoms with Gasteiger partial charge in [-0.25, -0.2) is 8.42 Å². The lowest BCUT2D eigenvalue weighted by Gasteiger charge is -2.26. The lowest BCUT2D eigenvalue weighted by Crippen LogP contribution is -2.49. The largest absolute Gasteiger partial charge is 0.480 e. The second-order valence-electron chi connectivity index (χ2n) is 8.80. The molecule has 194 valence electrons. The van der Waals surface area contributed by atoms with Crippen LogP contribution in [0.4, 0.5) is 0 Å². The Kier molecular flexibility index (Phi) is 10.8. The van der Waals surface area contributed by atoms with Crippen molar-refractivity contribution >= 4 is 33.6 Å². The third-order valence-electron chi connectivity index (χ3n) is 6.02. The molecule has 1 aromatic rings. The van der Waals surface area contributed by atoms with Crippen molar-refractivity contribution in [3.63, 3.8) is 0 Å². The molecule has 4 N–H and O–H groups in total. The topological polar surface area (TPSA) is 162 Å². The van der Waals surface area contributed by atoms with E-state index in [4.69, 9.17) is 0 Å². The number of sulfonamides is 1. The highest BCUT2D eigenvalue weighted by molar-refractivity contribution is 7.89. The number of benzene rings is 1. The zero-order chi connectivity index (χ0) is 26.0. The molecule has 11 nitrogen and oxygen atoms in total. The van der Waals surface area contributed by atoms with Gasteiger partial charge >= 0.3 is 5.97 Å². The van der Waals surface area contributed by atoms with Gasteiger partial charge in [-0.2, -0.15) is 4.72 Å². The molecule has 1 aliphatic rings. The van der Waals surface area contributed by atoms with E-state index in [2.05, 4.69) is 10.6 Å². The molecule has 1 fully saturated rings. The lowest BCUT2D eigenvalue weighted by molar-refractivity contribution is -0.139. The van der Waals surface area contributed by atoms with Gasteiger partial charge in [0.05, 0.1) is 4.90 Å². The number of hydrogen-bond donors (Lipinski definition) is 4. The predicted molar refractivity (Wildman–Crippen MR) is 128 cm³/mol. The maximum Gasteiger partial charge on any atom is 0.323 e. The number of carboxylic acids is 1. The number of carbonyl (C=O) groups is 4. The molecular formula is C23H34N4O7S. The van der Waals surface area contributed by atoms with Crippen molar-refractivity contribution in [1.82, 2.24) is 20.3 Å². The van der Waals surface area contributed by atoms with Crippen LogP contribution in [-0.2, 0) is 29.2 Å². The summed E-state index contributed by atoms with van der Waals surface area (Å²) in [5, 5.41) is 14.9. The van der Waals surface area contributed by atoms with Crippen LogP contribution in [0.3, 0.4) is 0 Å². The quantitative estimate of drug-likeness (QED) is 0.272. The van der Waals surface area contributed by atoms with Gasteiger partial charge in [-0.3, -0.25) is 19.2 Å². The van der Waals surface area contributed by atoms with E-state index in [1.165, 1.54) is 36.2 Å². The van der Waals surface area contributed by atoms with Gasteiger partial charge < -0.3 is 20.6 Å². The first kappa shape index (κ1) is 28.4. The van der Waals surface area contributed by atoms with Crippen LogP contribution >= 0.6 is 0 Å². The Hall–Kier alpha value is -2.83. The summed E-state index contributed by atoms with van der Waals surface area (Å²) in [7, 11) is -2.61. The van der Waals surface area contributed by atoms with Gasteiger partial charge in [0, 0.05) is 32.5 Å². The molecule has 0 spiro atoms. The second-order valence-corrected chi connectivity index (χ2v) is 10.5. The molecule has 1 aliphatic heterocycles. The van der Waals surface area contributed by atoms with E-state index in [1.807, 2.05) is 4.72 Å². The second kappa shape index (κ2) is 13.3. The molecule has 1 saturated heterocycles. The maximum atomic E-state index is 12.5. The highest BCUT2D eigenvalue weighted by Crippen LogP contribution is 2.18. The highest BCUT2D eigenvalue weighted by atomic mass is 32.2. The first-order valence-corrected chi connectivity index (χ1v) is 13.0. The Morgan fingerprint density at radius 3 is 2.37 bits per heavy atom. The molecule has 0 radical (unpaired) electrons. The molecule has 0 aromatic heterocycles. The Morgan fingerprint density at radius 2 is 1.77 bits per heavy atom. The highest BCUT2D eigenvalue weighted by Gasteiger charge is 2.27. The molecule has 2 rings (SSSR count). The van der Waals surface area contributed by atoms with Crippen LogP contribution in [0.1, 0.15) is 39.0 Å². The summed E-state index contributed by atoms with van der Waals surface area (Å²) in [5.74, 6) is -2.33. The SMILES string of the molecule is CC(CC(=O)CC1CCNCC1)N(C)C(=O)CC(=O)NCC(NS(=O)(=O)c1ccccc1)C(=O)O. The molecule has 2 unspecified atom stereocenters. The Morgan fingerprint density at radius 1 is 1.14 bits per heavy atom. The fourth-order valence-electron chi connectivity index (χ4n) is 3.78. The van der Waals surface area contributed by atoms with Crippen LogP contribution in [0.2, 0.25) is 0 Å². The molecule has 2 atom stereocenters. The average molecular weight is 511 g/mol. The first-order valence-electron chi connectivity index (χ1n) is 11.5. The van der Waals surface area contributed by atoms with Crippen molar-refractivity contribution in [3.8, 4) is 0 Å².